The normalized spacial score (nSPS) is 10.1. The van der Waals surface area contributed by atoms with Crippen molar-refractivity contribution in [3.63, 3.8) is 0 Å². The molecule has 0 atom stereocenters. The van der Waals surface area contributed by atoms with E-state index in [9.17, 15) is 9.18 Å². The van der Waals surface area contributed by atoms with Crippen molar-refractivity contribution in [2.45, 2.75) is 5.75 Å². The molecule has 0 heterocycles. The second-order valence-corrected chi connectivity index (χ2v) is 5.74. The minimum Gasteiger partial charge on any atom is -0.490 e. The first-order valence-corrected chi connectivity index (χ1v) is 8.29. The average Bonchev–Trinajstić information content (AvgIpc) is 2.56. The second kappa shape index (κ2) is 9.00. The maximum absolute atomic E-state index is 13.5. The standard InChI is InChI=1S/C18H18FNO2S/c1-2-11-22-16-9-7-15(8-10-16)20-18(21)13-23-12-14-5-3-4-6-17(14)19/h2-10H,1,11-13H2,(H,20,21). The third-order valence-electron chi connectivity index (χ3n) is 2.95. The predicted molar refractivity (Wildman–Crippen MR) is 93.3 cm³/mol. The van der Waals surface area contributed by atoms with Gasteiger partial charge in [0, 0.05) is 11.4 Å². The first kappa shape index (κ1) is 17.1. The molecule has 1 N–H and O–H groups in total. The Morgan fingerprint density at radius 3 is 2.65 bits per heavy atom. The molecule has 1 amide bonds. The van der Waals surface area contributed by atoms with Crippen LogP contribution in [0.2, 0.25) is 0 Å². The molecule has 2 aromatic carbocycles. The SMILES string of the molecule is C=CCOc1ccc(NC(=O)CSCc2ccccc2F)cc1. The average molecular weight is 331 g/mol. The van der Waals surface area contributed by atoms with E-state index < -0.39 is 0 Å². The molecule has 0 aromatic heterocycles. The quantitative estimate of drug-likeness (QED) is 0.735. The maximum Gasteiger partial charge on any atom is 0.234 e. The molecular weight excluding hydrogens is 313 g/mol. The van der Waals surface area contributed by atoms with Gasteiger partial charge in [-0.25, -0.2) is 4.39 Å². The molecule has 5 heteroatoms. The van der Waals surface area contributed by atoms with Crippen molar-refractivity contribution >= 4 is 23.4 Å². The molecule has 3 nitrogen and oxygen atoms in total. The molecule has 0 fully saturated rings. The predicted octanol–water partition coefficient (Wildman–Crippen LogP) is 4.26. The first-order chi connectivity index (χ1) is 11.2. The third-order valence-corrected chi connectivity index (χ3v) is 3.94. The van der Waals surface area contributed by atoms with E-state index in [1.807, 2.05) is 0 Å². The van der Waals surface area contributed by atoms with Crippen LogP contribution in [0, 0.1) is 5.82 Å². The second-order valence-electron chi connectivity index (χ2n) is 4.76. The van der Waals surface area contributed by atoms with Gasteiger partial charge >= 0.3 is 0 Å². The van der Waals surface area contributed by atoms with Gasteiger partial charge in [-0.2, -0.15) is 0 Å². The molecule has 0 saturated carbocycles. The van der Waals surface area contributed by atoms with Crippen LogP contribution in [0.5, 0.6) is 5.75 Å². The van der Waals surface area contributed by atoms with Crippen molar-refractivity contribution in [3.8, 4) is 5.75 Å². The summed E-state index contributed by atoms with van der Waals surface area (Å²) < 4.78 is 18.8. The minimum absolute atomic E-state index is 0.119. The van der Waals surface area contributed by atoms with Crippen molar-refractivity contribution in [1.82, 2.24) is 0 Å². The zero-order valence-corrected chi connectivity index (χ0v) is 13.4. The van der Waals surface area contributed by atoms with Gasteiger partial charge in [-0.3, -0.25) is 4.79 Å². The van der Waals surface area contributed by atoms with E-state index in [0.29, 0.717) is 23.6 Å². The lowest BCUT2D eigenvalue weighted by atomic mass is 10.2. The van der Waals surface area contributed by atoms with Crippen molar-refractivity contribution in [2.75, 3.05) is 17.7 Å². The van der Waals surface area contributed by atoms with Crippen LogP contribution >= 0.6 is 11.8 Å². The van der Waals surface area contributed by atoms with Crippen LogP contribution in [0.25, 0.3) is 0 Å². The Kier molecular flexibility index (Phi) is 6.69. The Labute approximate surface area is 139 Å². The van der Waals surface area contributed by atoms with Crippen LogP contribution in [0.15, 0.2) is 61.2 Å². The summed E-state index contributed by atoms with van der Waals surface area (Å²) in [5.41, 5.74) is 1.31. The molecule has 0 saturated heterocycles. The highest BCUT2D eigenvalue weighted by molar-refractivity contribution is 7.99. The Morgan fingerprint density at radius 1 is 1.22 bits per heavy atom. The summed E-state index contributed by atoms with van der Waals surface area (Å²) in [5, 5.41) is 2.80. The summed E-state index contributed by atoms with van der Waals surface area (Å²) >= 11 is 1.37. The lowest BCUT2D eigenvalue weighted by Gasteiger charge is -2.07. The van der Waals surface area contributed by atoms with Crippen molar-refractivity contribution < 1.29 is 13.9 Å². The Balaban J connectivity index is 1.76. The van der Waals surface area contributed by atoms with E-state index in [2.05, 4.69) is 11.9 Å². The van der Waals surface area contributed by atoms with Crippen LogP contribution in [-0.4, -0.2) is 18.3 Å². The topological polar surface area (TPSA) is 38.3 Å². The van der Waals surface area contributed by atoms with Gasteiger partial charge in [-0.1, -0.05) is 30.9 Å². The van der Waals surface area contributed by atoms with E-state index in [1.165, 1.54) is 17.8 Å². The molecule has 0 bridgehead atoms. The van der Waals surface area contributed by atoms with Crippen LogP contribution in [0.1, 0.15) is 5.56 Å². The summed E-state index contributed by atoms with van der Waals surface area (Å²) in [6.45, 7) is 4.02. The van der Waals surface area contributed by atoms with Gasteiger partial charge < -0.3 is 10.1 Å². The zero-order chi connectivity index (χ0) is 16.5. The van der Waals surface area contributed by atoms with Gasteiger partial charge in [0.1, 0.15) is 18.2 Å². The molecule has 23 heavy (non-hydrogen) atoms. The largest absolute Gasteiger partial charge is 0.490 e. The lowest BCUT2D eigenvalue weighted by molar-refractivity contribution is -0.113. The van der Waals surface area contributed by atoms with Gasteiger partial charge in [0.2, 0.25) is 5.91 Å². The molecule has 0 aliphatic carbocycles. The Hall–Kier alpha value is -2.27. The van der Waals surface area contributed by atoms with E-state index in [-0.39, 0.29) is 17.5 Å². The molecular formula is C18H18FNO2S. The number of benzene rings is 2. The number of hydrogen-bond donors (Lipinski definition) is 1. The van der Waals surface area contributed by atoms with Crippen LogP contribution in [0.3, 0.4) is 0 Å². The molecule has 0 spiro atoms. The highest BCUT2D eigenvalue weighted by Gasteiger charge is 2.05. The number of carbonyl (C=O) groups is 1. The number of amides is 1. The van der Waals surface area contributed by atoms with Crippen molar-refractivity contribution in [3.05, 3.63) is 72.6 Å². The molecule has 0 aliphatic heterocycles. The number of rotatable bonds is 8. The number of hydrogen-bond acceptors (Lipinski definition) is 3. The van der Waals surface area contributed by atoms with E-state index in [4.69, 9.17) is 4.74 Å². The van der Waals surface area contributed by atoms with Crippen LogP contribution in [0.4, 0.5) is 10.1 Å². The molecule has 0 aliphatic rings. The highest BCUT2D eigenvalue weighted by atomic mass is 32.2. The monoisotopic (exact) mass is 331 g/mol. The molecule has 2 rings (SSSR count). The van der Waals surface area contributed by atoms with E-state index in [0.717, 1.165) is 5.75 Å². The van der Waals surface area contributed by atoms with Crippen molar-refractivity contribution in [1.29, 1.82) is 0 Å². The van der Waals surface area contributed by atoms with Crippen molar-refractivity contribution in [2.24, 2.45) is 0 Å². The number of nitrogens with one attached hydrogen (secondary N) is 1. The smallest absolute Gasteiger partial charge is 0.234 e. The van der Waals surface area contributed by atoms with Crippen LogP contribution < -0.4 is 10.1 Å². The summed E-state index contributed by atoms with van der Waals surface area (Å²) in [6.07, 6.45) is 1.67. The number of anilines is 1. The molecule has 0 radical (unpaired) electrons. The molecule has 2 aromatic rings. The van der Waals surface area contributed by atoms with Gasteiger partial charge in [0.15, 0.2) is 0 Å². The van der Waals surface area contributed by atoms with Gasteiger partial charge in [-0.05, 0) is 35.9 Å². The number of thioether (sulfide) groups is 1. The highest BCUT2D eigenvalue weighted by Crippen LogP contribution is 2.18. The third kappa shape index (κ3) is 5.79. The van der Waals surface area contributed by atoms with Gasteiger partial charge in [0.25, 0.3) is 0 Å². The maximum atomic E-state index is 13.5. The summed E-state index contributed by atoms with van der Waals surface area (Å²) in [6, 6.07) is 13.7. The molecule has 120 valence electrons. The summed E-state index contributed by atoms with van der Waals surface area (Å²) in [7, 11) is 0. The Bertz CT molecular complexity index is 658. The minimum atomic E-state index is -0.240. The first-order valence-electron chi connectivity index (χ1n) is 7.14. The van der Waals surface area contributed by atoms with E-state index >= 15 is 0 Å². The fraction of sp³-hybridized carbons (Fsp3) is 0.167. The van der Waals surface area contributed by atoms with Gasteiger partial charge in [-0.15, -0.1) is 11.8 Å². The zero-order valence-electron chi connectivity index (χ0n) is 12.6. The van der Waals surface area contributed by atoms with Gasteiger partial charge in [0.05, 0.1) is 5.75 Å². The van der Waals surface area contributed by atoms with Crippen LogP contribution in [-0.2, 0) is 10.5 Å². The Morgan fingerprint density at radius 2 is 1.96 bits per heavy atom. The molecule has 0 unspecified atom stereocenters. The summed E-state index contributed by atoms with van der Waals surface area (Å²) in [4.78, 5) is 11.9. The fourth-order valence-corrected chi connectivity index (χ4v) is 2.67. The lowest BCUT2D eigenvalue weighted by Crippen LogP contribution is -2.14. The number of halogens is 1. The fourth-order valence-electron chi connectivity index (χ4n) is 1.86. The number of ether oxygens (including phenoxy) is 1. The summed E-state index contributed by atoms with van der Waals surface area (Å²) in [5.74, 6) is 1.09. The van der Waals surface area contributed by atoms with E-state index in [1.54, 1.807) is 48.5 Å². The number of carbonyl (C=O) groups excluding carboxylic acids is 1.